The second-order valence-corrected chi connectivity index (χ2v) is 7.65. The number of carbonyl (C=O) groups excluding carboxylic acids is 1. The van der Waals surface area contributed by atoms with Gasteiger partial charge in [-0.15, -0.1) is 0 Å². The lowest BCUT2D eigenvalue weighted by Gasteiger charge is -2.19. The van der Waals surface area contributed by atoms with Crippen molar-refractivity contribution in [2.75, 3.05) is 0 Å². The summed E-state index contributed by atoms with van der Waals surface area (Å²) in [5, 5.41) is 14.9. The molecule has 0 saturated heterocycles. The largest absolute Gasteiger partial charge is 0.478 e. The molecule has 0 aliphatic heterocycles. The lowest BCUT2D eigenvalue weighted by atomic mass is 10.0. The lowest BCUT2D eigenvalue weighted by Crippen LogP contribution is -2.37. The Morgan fingerprint density at radius 1 is 1.23 bits per heavy atom. The molecule has 7 nitrogen and oxygen atoms in total. The van der Waals surface area contributed by atoms with Crippen LogP contribution in [0.2, 0.25) is 0 Å². The fourth-order valence-corrected chi connectivity index (χ4v) is 2.98. The van der Waals surface area contributed by atoms with E-state index in [-0.39, 0.29) is 11.3 Å². The maximum Gasteiger partial charge on any atom is 0.436 e. The van der Waals surface area contributed by atoms with E-state index in [1.54, 1.807) is 6.92 Å². The number of hydrogen-bond donors (Lipinski definition) is 2. The number of nitrogens with zero attached hydrogens (tertiary/aromatic N) is 2. The molecule has 12 heteroatoms. The van der Waals surface area contributed by atoms with Gasteiger partial charge in [0.25, 0.3) is 12.3 Å². The minimum absolute atomic E-state index is 0.00343. The number of benzene rings is 1. The summed E-state index contributed by atoms with van der Waals surface area (Å²) in [6.45, 7) is 4.69. The van der Waals surface area contributed by atoms with Crippen molar-refractivity contribution >= 4 is 11.9 Å². The fraction of sp³-hybridized carbons (Fsp3) is 0.348. The molecule has 35 heavy (non-hydrogen) atoms. The normalized spacial score (nSPS) is 14.3. The molecule has 1 amide bonds. The molecule has 0 bridgehead atoms. The number of ether oxygens (including phenoxy) is 1. The Morgan fingerprint density at radius 3 is 2.43 bits per heavy atom. The molecule has 0 saturated carbocycles. The third kappa shape index (κ3) is 6.90. The van der Waals surface area contributed by atoms with E-state index in [0.717, 1.165) is 19.2 Å². The van der Waals surface area contributed by atoms with Crippen LogP contribution in [0.5, 0.6) is 11.6 Å². The Balaban J connectivity index is 2.39. The summed E-state index contributed by atoms with van der Waals surface area (Å²) < 4.78 is 73.1. The molecule has 2 unspecified atom stereocenters. The van der Waals surface area contributed by atoms with Crippen LogP contribution in [0, 0.1) is 5.92 Å². The van der Waals surface area contributed by atoms with E-state index < -0.39 is 59.1 Å². The van der Waals surface area contributed by atoms with Gasteiger partial charge in [0.15, 0.2) is 5.69 Å². The summed E-state index contributed by atoms with van der Waals surface area (Å²) in [5.74, 6) is -3.56. The number of aliphatic carboxylic acids is 1. The molecule has 1 heterocycles. The van der Waals surface area contributed by atoms with Gasteiger partial charge >= 0.3 is 12.1 Å². The van der Waals surface area contributed by atoms with Crippen LogP contribution >= 0.6 is 0 Å². The van der Waals surface area contributed by atoms with Crippen LogP contribution in [0.15, 0.2) is 48.1 Å². The summed E-state index contributed by atoms with van der Waals surface area (Å²) in [4.78, 5) is 24.0. The Bertz CT molecular complexity index is 1140. The van der Waals surface area contributed by atoms with E-state index in [0.29, 0.717) is 4.68 Å². The van der Waals surface area contributed by atoms with Gasteiger partial charge < -0.3 is 15.2 Å². The molecule has 1 aromatic carbocycles. The molecule has 0 fully saturated rings. The van der Waals surface area contributed by atoms with Crippen molar-refractivity contribution in [1.29, 1.82) is 0 Å². The number of allylic oxidation sites excluding steroid dienone is 1. The summed E-state index contributed by atoms with van der Waals surface area (Å²) in [6.07, 6.45) is -3.65. The Hall–Kier alpha value is -3.70. The van der Waals surface area contributed by atoms with Crippen molar-refractivity contribution in [2.45, 2.75) is 39.4 Å². The number of aromatic nitrogens is 2. The van der Waals surface area contributed by atoms with Crippen molar-refractivity contribution < 1.29 is 41.4 Å². The van der Waals surface area contributed by atoms with Crippen LogP contribution in [0.1, 0.15) is 48.8 Å². The molecule has 1 aromatic heterocycles. The Labute approximate surface area is 197 Å². The molecule has 2 atom stereocenters. The maximum absolute atomic E-state index is 13.6. The van der Waals surface area contributed by atoms with Crippen LogP contribution in [0.3, 0.4) is 0 Å². The van der Waals surface area contributed by atoms with Gasteiger partial charge in [0, 0.05) is 18.7 Å². The first-order chi connectivity index (χ1) is 16.3. The molecule has 2 rings (SSSR count). The first-order valence-corrected chi connectivity index (χ1v) is 10.3. The highest BCUT2D eigenvalue weighted by molar-refractivity contribution is 5.98. The topological polar surface area (TPSA) is 93.5 Å². The van der Waals surface area contributed by atoms with Crippen molar-refractivity contribution in [3.63, 3.8) is 0 Å². The summed E-state index contributed by atoms with van der Waals surface area (Å²) in [5.41, 5.74) is -2.83. The number of rotatable bonds is 9. The quantitative estimate of drug-likeness (QED) is 0.269. The average Bonchev–Trinajstić information content (AvgIpc) is 3.10. The first kappa shape index (κ1) is 27.5. The molecule has 0 radical (unpaired) electrons. The molecule has 190 valence electrons. The smallest absolute Gasteiger partial charge is 0.436 e. The van der Waals surface area contributed by atoms with Crippen molar-refractivity contribution in [3.8, 4) is 11.6 Å². The highest BCUT2D eigenvalue weighted by atomic mass is 19.4. The van der Waals surface area contributed by atoms with Gasteiger partial charge in [0.2, 0.25) is 5.88 Å². The van der Waals surface area contributed by atoms with Gasteiger partial charge in [-0.3, -0.25) is 4.79 Å². The van der Waals surface area contributed by atoms with Gasteiger partial charge in [-0.05, 0) is 31.9 Å². The second-order valence-electron chi connectivity index (χ2n) is 7.65. The Kier molecular flexibility index (Phi) is 8.77. The molecule has 0 spiro atoms. The zero-order chi connectivity index (χ0) is 26.5. The number of nitrogens with one attached hydrogen (secondary N) is 1. The number of alkyl halides is 5. The number of carboxylic acid groups (broad SMARTS) is 1. The van der Waals surface area contributed by atoms with Crippen LogP contribution in [0.25, 0.3) is 0 Å². The van der Waals surface area contributed by atoms with Crippen LogP contribution < -0.4 is 10.1 Å². The van der Waals surface area contributed by atoms with E-state index in [1.165, 1.54) is 44.2 Å². The van der Waals surface area contributed by atoms with E-state index in [9.17, 15) is 31.5 Å². The van der Waals surface area contributed by atoms with Crippen LogP contribution in [-0.4, -0.2) is 32.8 Å². The minimum atomic E-state index is -5.01. The summed E-state index contributed by atoms with van der Waals surface area (Å²) in [6, 6.07) is 3.84. The van der Waals surface area contributed by atoms with Crippen LogP contribution in [0.4, 0.5) is 22.0 Å². The molecule has 2 aromatic rings. The highest BCUT2D eigenvalue weighted by Gasteiger charge is 2.42. The van der Waals surface area contributed by atoms with Crippen molar-refractivity contribution in [1.82, 2.24) is 15.1 Å². The molecule has 0 aliphatic carbocycles. The number of carbonyl (C=O) groups is 2. The first-order valence-electron chi connectivity index (χ1n) is 10.3. The predicted octanol–water partition coefficient (Wildman–Crippen LogP) is 5.51. The summed E-state index contributed by atoms with van der Waals surface area (Å²) >= 11 is 0. The van der Waals surface area contributed by atoms with Gasteiger partial charge in [-0.1, -0.05) is 37.3 Å². The standard InChI is InChI=1S/C23H24F5N3O4/c1-5-14(22(33)34)10-9-12(2)13(3)29-20(32)17-18(23(26,27)28)30-31(4)21(17)35-16-8-6-7-15(11-16)19(24)25/h5-13,19H,1-4H3,(H,29,32)(H,33,34). The van der Waals surface area contributed by atoms with Gasteiger partial charge in [-0.2, -0.15) is 18.3 Å². The fourth-order valence-electron chi connectivity index (χ4n) is 2.98. The SMILES string of the molecule is CC=C(C=CC(C)C(C)NC(=O)c1c(C(F)(F)F)nn(C)c1Oc1cccc(C(F)F)c1)C(=O)O. The third-order valence-electron chi connectivity index (χ3n) is 5.10. The van der Waals surface area contributed by atoms with Gasteiger partial charge in [0.1, 0.15) is 11.3 Å². The van der Waals surface area contributed by atoms with Crippen molar-refractivity contribution in [2.24, 2.45) is 13.0 Å². The van der Waals surface area contributed by atoms with Crippen molar-refractivity contribution in [3.05, 3.63) is 64.9 Å². The van der Waals surface area contributed by atoms with E-state index in [2.05, 4.69) is 10.4 Å². The monoisotopic (exact) mass is 501 g/mol. The predicted molar refractivity (Wildman–Crippen MR) is 116 cm³/mol. The minimum Gasteiger partial charge on any atom is -0.478 e. The lowest BCUT2D eigenvalue weighted by molar-refractivity contribution is -0.141. The second kappa shape index (κ2) is 11.2. The van der Waals surface area contributed by atoms with E-state index in [4.69, 9.17) is 9.84 Å². The molecular formula is C23H24F5N3O4. The molecule has 0 aliphatic rings. The number of carboxylic acids is 1. The van der Waals surface area contributed by atoms with Crippen LogP contribution in [-0.2, 0) is 18.0 Å². The Morgan fingerprint density at radius 2 is 1.89 bits per heavy atom. The third-order valence-corrected chi connectivity index (χ3v) is 5.10. The zero-order valence-corrected chi connectivity index (χ0v) is 19.2. The van der Waals surface area contributed by atoms with E-state index >= 15 is 0 Å². The van der Waals surface area contributed by atoms with Gasteiger partial charge in [0.05, 0.1) is 5.57 Å². The van der Waals surface area contributed by atoms with E-state index in [1.807, 2.05) is 0 Å². The number of amides is 1. The molecular weight excluding hydrogens is 477 g/mol. The van der Waals surface area contributed by atoms with Gasteiger partial charge in [-0.25, -0.2) is 18.3 Å². The average molecular weight is 501 g/mol. The number of aryl methyl sites for hydroxylation is 1. The zero-order valence-electron chi connectivity index (χ0n) is 19.2. The number of halogens is 5. The number of hydrogen-bond acceptors (Lipinski definition) is 4. The maximum atomic E-state index is 13.6. The summed E-state index contributed by atoms with van der Waals surface area (Å²) in [7, 11) is 1.12. The highest BCUT2D eigenvalue weighted by Crippen LogP contribution is 2.37. The molecule has 2 N–H and O–H groups in total.